The van der Waals surface area contributed by atoms with Crippen LogP contribution in [0.5, 0.6) is 11.5 Å². The highest BCUT2D eigenvalue weighted by atomic mass is 16.5. The van der Waals surface area contributed by atoms with Crippen LogP contribution in [0.2, 0.25) is 0 Å². The Balaban J connectivity index is 2.02. The first kappa shape index (κ1) is 17.0. The van der Waals surface area contributed by atoms with Crippen molar-refractivity contribution in [3.8, 4) is 17.6 Å². The van der Waals surface area contributed by atoms with Gasteiger partial charge < -0.3 is 9.84 Å². The lowest BCUT2D eigenvalue weighted by atomic mass is 10.1. The number of ether oxygens (including phenoxy) is 1. The summed E-state index contributed by atoms with van der Waals surface area (Å²) in [4.78, 5) is 11.6. The minimum Gasteiger partial charge on any atom is -0.480 e. The normalized spacial score (nSPS) is 14.8. The number of hydrogen-bond acceptors (Lipinski definition) is 4. The molecule has 130 valence electrons. The number of aliphatic carboxylic acids is 1. The van der Waals surface area contributed by atoms with Gasteiger partial charge in [-0.25, -0.2) is 4.79 Å². The molecule has 1 aromatic heterocycles. The van der Waals surface area contributed by atoms with Crippen molar-refractivity contribution in [3.63, 3.8) is 0 Å². The van der Waals surface area contributed by atoms with E-state index in [9.17, 15) is 9.90 Å². The molecule has 0 bridgehead atoms. The number of benzene rings is 1. The Hall–Kier alpha value is -2.81. The van der Waals surface area contributed by atoms with Gasteiger partial charge in [-0.1, -0.05) is 6.92 Å². The highest BCUT2D eigenvalue weighted by Crippen LogP contribution is 2.47. The molecule has 6 heteroatoms. The van der Waals surface area contributed by atoms with Gasteiger partial charge in [-0.2, -0.15) is 10.4 Å². The maximum absolute atomic E-state index is 11.6. The van der Waals surface area contributed by atoms with Crippen LogP contribution in [-0.2, 0) is 4.79 Å². The molecule has 0 aliphatic heterocycles. The first-order valence-corrected chi connectivity index (χ1v) is 8.46. The summed E-state index contributed by atoms with van der Waals surface area (Å²) in [7, 11) is 0. The lowest BCUT2D eigenvalue weighted by Crippen LogP contribution is -2.21. The van der Waals surface area contributed by atoms with E-state index in [4.69, 9.17) is 10.00 Å². The van der Waals surface area contributed by atoms with Crippen molar-refractivity contribution < 1.29 is 14.6 Å². The van der Waals surface area contributed by atoms with E-state index in [0.717, 1.165) is 24.1 Å². The Bertz CT molecular complexity index is 860. The van der Waals surface area contributed by atoms with E-state index < -0.39 is 12.0 Å². The van der Waals surface area contributed by atoms with E-state index >= 15 is 0 Å². The van der Waals surface area contributed by atoms with Gasteiger partial charge in [0.25, 0.3) is 0 Å². The van der Waals surface area contributed by atoms with Crippen LogP contribution in [0.1, 0.15) is 60.7 Å². The molecule has 0 radical (unpaired) electrons. The van der Waals surface area contributed by atoms with Gasteiger partial charge in [-0.15, -0.1) is 0 Å². The molecule has 1 saturated carbocycles. The molecule has 0 saturated heterocycles. The summed E-state index contributed by atoms with van der Waals surface area (Å²) in [5.74, 6) is 0.687. The van der Waals surface area contributed by atoms with Crippen LogP contribution in [-0.4, -0.2) is 20.9 Å². The van der Waals surface area contributed by atoms with E-state index in [2.05, 4.69) is 11.2 Å². The standard InChI is InChI=1S/C19H21N3O3/c1-4-16(19(23)24)22-17(13-5-6-13)18(12(3)21-22)25-15-8-7-14(10-20)11(2)9-15/h7-9,13,16H,4-6H2,1-3H3,(H,23,24). The van der Waals surface area contributed by atoms with Gasteiger partial charge in [-0.05, 0) is 56.9 Å². The van der Waals surface area contributed by atoms with E-state index in [1.165, 1.54) is 0 Å². The van der Waals surface area contributed by atoms with Crippen LogP contribution in [0.4, 0.5) is 0 Å². The Morgan fingerprint density at radius 1 is 1.48 bits per heavy atom. The molecule has 1 aliphatic carbocycles. The summed E-state index contributed by atoms with van der Waals surface area (Å²) < 4.78 is 7.72. The maximum atomic E-state index is 11.6. The van der Waals surface area contributed by atoms with Gasteiger partial charge >= 0.3 is 5.97 Å². The van der Waals surface area contributed by atoms with Gasteiger partial charge in [0, 0.05) is 5.92 Å². The lowest BCUT2D eigenvalue weighted by molar-refractivity contribution is -0.141. The number of nitriles is 1. The summed E-state index contributed by atoms with van der Waals surface area (Å²) in [6.45, 7) is 5.54. The van der Waals surface area contributed by atoms with Crippen LogP contribution in [0.25, 0.3) is 0 Å². The number of aromatic nitrogens is 2. The van der Waals surface area contributed by atoms with Gasteiger partial charge in [0.2, 0.25) is 0 Å². The average Bonchev–Trinajstić information content (AvgIpc) is 3.34. The van der Waals surface area contributed by atoms with E-state index in [-0.39, 0.29) is 0 Å². The van der Waals surface area contributed by atoms with Crippen molar-refractivity contribution in [2.75, 3.05) is 0 Å². The summed E-state index contributed by atoms with van der Waals surface area (Å²) in [6.07, 6.45) is 2.50. The number of aryl methyl sites for hydroxylation is 2. The van der Waals surface area contributed by atoms with E-state index in [0.29, 0.717) is 35.1 Å². The molecule has 1 aromatic carbocycles. The second kappa shape index (κ2) is 6.60. The molecule has 6 nitrogen and oxygen atoms in total. The molecular weight excluding hydrogens is 318 g/mol. The van der Waals surface area contributed by atoms with E-state index in [1.807, 2.05) is 26.8 Å². The molecular formula is C19H21N3O3. The molecule has 25 heavy (non-hydrogen) atoms. The molecule has 0 spiro atoms. The van der Waals surface area contributed by atoms with Crippen LogP contribution >= 0.6 is 0 Å². The van der Waals surface area contributed by atoms with Crippen molar-refractivity contribution >= 4 is 5.97 Å². The third-order valence-corrected chi connectivity index (χ3v) is 4.54. The Morgan fingerprint density at radius 3 is 2.72 bits per heavy atom. The SMILES string of the molecule is CCC(C(=O)O)n1nc(C)c(Oc2ccc(C#N)c(C)c2)c1C1CC1. The first-order chi connectivity index (χ1) is 12.0. The molecule has 1 heterocycles. The second-order valence-corrected chi connectivity index (χ2v) is 6.47. The van der Waals surface area contributed by atoms with Crippen molar-refractivity contribution in [2.45, 2.75) is 52.0 Å². The van der Waals surface area contributed by atoms with Gasteiger partial charge in [0.15, 0.2) is 5.75 Å². The zero-order valence-electron chi connectivity index (χ0n) is 14.6. The number of carboxylic acid groups (broad SMARTS) is 1. The zero-order chi connectivity index (χ0) is 18.1. The Kier molecular flexibility index (Phi) is 4.49. The Morgan fingerprint density at radius 2 is 2.20 bits per heavy atom. The fourth-order valence-electron chi connectivity index (χ4n) is 3.04. The van der Waals surface area contributed by atoms with Crippen molar-refractivity contribution in [2.24, 2.45) is 0 Å². The van der Waals surface area contributed by atoms with Crippen molar-refractivity contribution in [1.29, 1.82) is 5.26 Å². The quantitative estimate of drug-likeness (QED) is 0.857. The van der Waals surface area contributed by atoms with Gasteiger partial charge in [0.05, 0.1) is 17.3 Å². The molecule has 0 amide bonds. The molecule has 1 atom stereocenters. The van der Waals surface area contributed by atoms with Crippen LogP contribution in [0.3, 0.4) is 0 Å². The van der Waals surface area contributed by atoms with Crippen molar-refractivity contribution in [1.82, 2.24) is 9.78 Å². The largest absolute Gasteiger partial charge is 0.480 e. The third kappa shape index (κ3) is 3.22. The summed E-state index contributed by atoms with van der Waals surface area (Å²) in [6, 6.07) is 6.76. The first-order valence-electron chi connectivity index (χ1n) is 8.46. The lowest BCUT2D eigenvalue weighted by Gasteiger charge is -2.15. The van der Waals surface area contributed by atoms with Gasteiger partial charge in [-0.3, -0.25) is 4.68 Å². The predicted octanol–water partition coefficient (Wildman–Crippen LogP) is 4.08. The zero-order valence-corrected chi connectivity index (χ0v) is 14.6. The second-order valence-electron chi connectivity index (χ2n) is 6.47. The molecule has 2 aromatic rings. The third-order valence-electron chi connectivity index (χ3n) is 4.54. The minimum atomic E-state index is -0.882. The summed E-state index contributed by atoms with van der Waals surface area (Å²) >= 11 is 0. The fourth-order valence-corrected chi connectivity index (χ4v) is 3.04. The topological polar surface area (TPSA) is 88.1 Å². The number of hydrogen-bond donors (Lipinski definition) is 1. The molecule has 1 unspecified atom stereocenters. The Labute approximate surface area is 146 Å². The smallest absolute Gasteiger partial charge is 0.328 e. The van der Waals surface area contributed by atoms with Crippen LogP contribution in [0, 0.1) is 25.2 Å². The van der Waals surface area contributed by atoms with Crippen molar-refractivity contribution in [3.05, 3.63) is 40.7 Å². The molecule has 1 aliphatic rings. The number of rotatable bonds is 6. The predicted molar refractivity (Wildman–Crippen MR) is 91.9 cm³/mol. The fraction of sp³-hybridized carbons (Fsp3) is 0.421. The van der Waals surface area contributed by atoms with Gasteiger partial charge in [0.1, 0.15) is 17.5 Å². The highest BCUT2D eigenvalue weighted by molar-refractivity contribution is 5.72. The molecule has 1 N–H and O–H groups in total. The average molecular weight is 339 g/mol. The maximum Gasteiger partial charge on any atom is 0.328 e. The molecule has 3 rings (SSSR count). The summed E-state index contributed by atoms with van der Waals surface area (Å²) in [5.41, 5.74) is 3.01. The van der Waals surface area contributed by atoms with E-state index in [1.54, 1.807) is 16.8 Å². The minimum absolute atomic E-state index is 0.295. The number of carbonyl (C=O) groups is 1. The summed E-state index contributed by atoms with van der Waals surface area (Å²) in [5, 5.41) is 23.0. The number of carboxylic acids is 1. The van der Waals surface area contributed by atoms with Crippen LogP contribution in [0.15, 0.2) is 18.2 Å². The number of nitrogens with zero attached hydrogens (tertiary/aromatic N) is 3. The molecule has 1 fully saturated rings. The highest BCUT2D eigenvalue weighted by Gasteiger charge is 2.36. The monoisotopic (exact) mass is 339 g/mol. The van der Waals surface area contributed by atoms with Crippen LogP contribution < -0.4 is 4.74 Å².